The highest BCUT2D eigenvalue weighted by Gasteiger charge is 2.18. The number of nitrogens with zero attached hydrogens (tertiary/aromatic N) is 1. The van der Waals surface area contributed by atoms with E-state index >= 15 is 0 Å². The Kier molecular flexibility index (Phi) is 1.45. The number of fused-ring (bicyclic) bond motifs is 2. The first-order chi connectivity index (χ1) is 6.45. The third-order valence-electron chi connectivity index (χ3n) is 3.03. The Labute approximate surface area is 78.0 Å². The zero-order valence-corrected chi connectivity index (χ0v) is 7.66. The fourth-order valence-corrected chi connectivity index (χ4v) is 2.38. The topological polar surface area (TPSA) is 3.24 Å². The standard InChI is InChI=1S/C12H13N/c1-2-5-11-10(4-1)7-9-13-8-3-6-12(11)13/h1-2,4-5,7H,3,6,8-9H2. The summed E-state index contributed by atoms with van der Waals surface area (Å²) in [6, 6.07) is 8.73. The highest BCUT2D eigenvalue weighted by molar-refractivity contribution is 5.52. The Hall–Kier alpha value is -1.24. The van der Waals surface area contributed by atoms with Gasteiger partial charge in [-0.15, -0.1) is 0 Å². The van der Waals surface area contributed by atoms with E-state index in [-0.39, 0.29) is 0 Å². The number of hydrogen-bond donors (Lipinski definition) is 0. The van der Waals surface area contributed by atoms with Gasteiger partial charge < -0.3 is 4.90 Å². The van der Waals surface area contributed by atoms with Gasteiger partial charge in [0, 0.05) is 24.0 Å². The fourth-order valence-electron chi connectivity index (χ4n) is 2.38. The lowest BCUT2D eigenvalue weighted by Gasteiger charge is -2.21. The molecule has 2 aliphatic rings. The van der Waals surface area contributed by atoms with Crippen LogP contribution in [0.25, 0.3) is 11.8 Å². The zero-order valence-electron chi connectivity index (χ0n) is 7.66. The van der Waals surface area contributed by atoms with Crippen LogP contribution in [0.2, 0.25) is 0 Å². The van der Waals surface area contributed by atoms with Crippen molar-refractivity contribution in [3.63, 3.8) is 0 Å². The van der Waals surface area contributed by atoms with E-state index in [9.17, 15) is 0 Å². The molecule has 1 nitrogen and oxygen atoms in total. The van der Waals surface area contributed by atoms with Gasteiger partial charge in [0.05, 0.1) is 0 Å². The molecular formula is C12H13N. The molecule has 0 radical (unpaired) electrons. The Morgan fingerprint density at radius 3 is 3.08 bits per heavy atom. The molecule has 2 aliphatic heterocycles. The van der Waals surface area contributed by atoms with Crippen molar-refractivity contribution in [2.24, 2.45) is 0 Å². The summed E-state index contributed by atoms with van der Waals surface area (Å²) in [6.45, 7) is 2.37. The predicted molar refractivity (Wildman–Crippen MR) is 54.4 cm³/mol. The molecule has 3 rings (SSSR count). The van der Waals surface area contributed by atoms with Crippen LogP contribution in [-0.4, -0.2) is 18.0 Å². The van der Waals surface area contributed by atoms with Gasteiger partial charge in [-0.25, -0.2) is 0 Å². The van der Waals surface area contributed by atoms with Crippen LogP contribution >= 0.6 is 0 Å². The van der Waals surface area contributed by atoms with Crippen molar-refractivity contribution < 1.29 is 0 Å². The minimum absolute atomic E-state index is 1.12. The second-order valence-electron chi connectivity index (χ2n) is 3.79. The molecule has 0 unspecified atom stereocenters. The molecule has 0 N–H and O–H groups in total. The van der Waals surface area contributed by atoms with Gasteiger partial charge in [-0.2, -0.15) is 0 Å². The van der Waals surface area contributed by atoms with Crippen LogP contribution in [0.15, 0.2) is 24.3 Å². The van der Waals surface area contributed by atoms with E-state index in [0.717, 1.165) is 6.54 Å². The summed E-state index contributed by atoms with van der Waals surface area (Å²) >= 11 is 0. The van der Waals surface area contributed by atoms with Crippen molar-refractivity contribution in [2.45, 2.75) is 12.8 Å². The minimum Gasteiger partial charge on any atom is -0.371 e. The first-order valence-electron chi connectivity index (χ1n) is 4.98. The average molecular weight is 171 g/mol. The number of hydrogen-bond acceptors (Lipinski definition) is 1. The predicted octanol–water partition coefficient (Wildman–Crippen LogP) is 0.685. The lowest BCUT2D eigenvalue weighted by atomic mass is 10.1. The van der Waals surface area contributed by atoms with Crippen LogP contribution in [-0.2, 0) is 0 Å². The molecule has 1 aromatic rings. The van der Waals surface area contributed by atoms with E-state index in [2.05, 4.69) is 35.2 Å². The van der Waals surface area contributed by atoms with Crippen molar-refractivity contribution in [3.8, 4) is 0 Å². The summed E-state index contributed by atoms with van der Waals surface area (Å²) in [5, 5.41) is 2.89. The van der Waals surface area contributed by atoms with Gasteiger partial charge in [0.25, 0.3) is 0 Å². The molecule has 0 spiro atoms. The van der Waals surface area contributed by atoms with Gasteiger partial charge in [0.15, 0.2) is 0 Å². The van der Waals surface area contributed by atoms with Gasteiger partial charge in [-0.05, 0) is 18.1 Å². The lowest BCUT2D eigenvalue weighted by molar-refractivity contribution is 0.487. The van der Waals surface area contributed by atoms with Crippen LogP contribution in [0.3, 0.4) is 0 Å². The van der Waals surface area contributed by atoms with Gasteiger partial charge in [0.2, 0.25) is 0 Å². The van der Waals surface area contributed by atoms with E-state index in [4.69, 9.17) is 0 Å². The molecule has 0 atom stereocenters. The van der Waals surface area contributed by atoms with Crippen molar-refractivity contribution >= 4 is 11.8 Å². The van der Waals surface area contributed by atoms with E-state index in [0.29, 0.717) is 0 Å². The van der Waals surface area contributed by atoms with Crippen LogP contribution in [0, 0.1) is 0 Å². The molecule has 1 aromatic carbocycles. The van der Waals surface area contributed by atoms with Gasteiger partial charge in [-0.3, -0.25) is 0 Å². The lowest BCUT2D eigenvalue weighted by Crippen LogP contribution is -2.37. The maximum absolute atomic E-state index is 2.50. The second kappa shape index (κ2) is 2.63. The molecule has 66 valence electrons. The molecule has 0 bridgehead atoms. The molecule has 1 heteroatoms. The third kappa shape index (κ3) is 0.998. The van der Waals surface area contributed by atoms with Crippen LogP contribution < -0.4 is 10.4 Å². The summed E-state index contributed by atoms with van der Waals surface area (Å²) in [5.74, 6) is 0. The summed E-state index contributed by atoms with van der Waals surface area (Å²) in [6.07, 6.45) is 4.94. The average Bonchev–Trinajstić information content (AvgIpc) is 2.65. The fraction of sp³-hybridized carbons (Fsp3) is 0.333. The quantitative estimate of drug-likeness (QED) is 0.555. The Balaban J connectivity index is 2.38. The molecule has 0 aromatic heterocycles. The monoisotopic (exact) mass is 171 g/mol. The Morgan fingerprint density at radius 2 is 2.08 bits per heavy atom. The van der Waals surface area contributed by atoms with Crippen molar-refractivity contribution in [1.29, 1.82) is 0 Å². The van der Waals surface area contributed by atoms with Crippen molar-refractivity contribution in [1.82, 2.24) is 4.90 Å². The van der Waals surface area contributed by atoms with E-state index in [1.165, 1.54) is 29.8 Å². The Morgan fingerprint density at radius 1 is 1.15 bits per heavy atom. The summed E-state index contributed by atoms with van der Waals surface area (Å²) < 4.78 is 0. The zero-order chi connectivity index (χ0) is 8.67. The molecule has 1 saturated heterocycles. The van der Waals surface area contributed by atoms with E-state index < -0.39 is 0 Å². The van der Waals surface area contributed by atoms with Gasteiger partial charge in [-0.1, -0.05) is 30.3 Å². The second-order valence-corrected chi connectivity index (χ2v) is 3.79. The molecule has 0 amide bonds. The number of benzene rings is 1. The third-order valence-corrected chi connectivity index (χ3v) is 3.03. The van der Waals surface area contributed by atoms with Crippen LogP contribution in [0.1, 0.15) is 12.8 Å². The SMILES string of the molecule is C1=c2ccccc2=C2CCCN2C1. The maximum Gasteiger partial charge on any atom is 0.0365 e. The summed E-state index contributed by atoms with van der Waals surface area (Å²) in [4.78, 5) is 2.50. The molecule has 0 aliphatic carbocycles. The van der Waals surface area contributed by atoms with Crippen molar-refractivity contribution in [2.75, 3.05) is 13.1 Å². The smallest absolute Gasteiger partial charge is 0.0365 e. The van der Waals surface area contributed by atoms with Crippen LogP contribution in [0.5, 0.6) is 0 Å². The number of rotatable bonds is 0. The van der Waals surface area contributed by atoms with E-state index in [1.807, 2.05) is 0 Å². The molecule has 13 heavy (non-hydrogen) atoms. The first kappa shape index (κ1) is 7.19. The van der Waals surface area contributed by atoms with E-state index in [1.54, 1.807) is 5.70 Å². The summed E-state index contributed by atoms with van der Waals surface area (Å²) in [5.41, 5.74) is 1.57. The molecule has 0 saturated carbocycles. The van der Waals surface area contributed by atoms with Gasteiger partial charge in [0.1, 0.15) is 0 Å². The molecular weight excluding hydrogens is 158 g/mol. The normalized spacial score (nSPS) is 19.4. The maximum atomic E-state index is 2.50. The largest absolute Gasteiger partial charge is 0.371 e. The highest BCUT2D eigenvalue weighted by Crippen LogP contribution is 2.20. The summed E-state index contributed by atoms with van der Waals surface area (Å²) in [7, 11) is 0. The molecule has 1 fully saturated rings. The van der Waals surface area contributed by atoms with Gasteiger partial charge >= 0.3 is 0 Å². The first-order valence-corrected chi connectivity index (χ1v) is 4.98. The Bertz CT molecular complexity index is 444. The molecule has 2 heterocycles. The van der Waals surface area contributed by atoms with Crippen LogP contribution in [0.4, 0.5) is 0 Å². The van der Waals surface area contributed by atoms with Crippen molar-refractivity contribution in [3.05, 3.63) is 34.7 Å². The minimum atomic E-state index is 1.12. The highest BCUT2D eigenvalue weighted by atomic mass is 15.2.